The van der Waals surface area contributed by atoms with E-state index in [2.05, 4.69) is 15.2 Å². The van der Waals surface area contributed by atoms with Crippen molar-refractivity contribution in [3.05, 3.63) is 60.4 Å². The Hall–Kier alpha value is -2.67. The average Bonchev–Trinajstić information content (AvgIpc) is 3.09. The van der Waals surface area contributed by atoms with Crippen molar-refractivity contribution in [1.82, 2.24) is 24.6 Å². The number of nitrogens with zero attached hydrogens (tertiary/aromatic N) is 5. The van der Waals surface area contributed by atoms with Crippen LogP contribution in [0.15, 0.2) is 60.0 Å². The number of hydrogen-bond donors (Lipinski definition) is 0. The van der Waals surface area contributed by atoms with Gasteiger partial charge in [0.15, 0.2) is 11.0 Å². The van der Waals surface area contributed by atoms with Gasteiger partial charge in [-0.1, -0.05) is 42.1 Å². The third-order valence-electron chi connectivity index (χ3n) is 3.96. The van der Waals surface area contributed by atoms with Gasteiger partial charge in [-0.25, -0.2) is 0 Å². The smallest absolute Gasteiger partial charge is 0.240 e. The molecule has 7 heteroatoms. The molecule has 3 rings (SSSR count). The van der Waals surface area contributed by atoms with E-state index in [9.17, 15) is 4.79 Å². The number of pyridine rings is 1. The van der Waals surface area contributed by atoms with Crippen LogP contribution in [0, 0.1) is 0 Å². The molecular weight excluding hydrogens is 346 g/mol. The molecule has 0 radical (unpaired) electrons. The molecule has 2 aromatic heterocycles. The molecule has 3 aromatic rings. The molecule has 1 unspecified atom stereocenters. The van der Waals surface area contributed by atoms with E-state index in [4.69, 9.17) is 0 Å². The largest absolute Gasteiger partial charge is 0.348 e. The van der Waals surface area contributed by atoms with E-state index in [1.807, 2.05) is 54.0 Å². The monoisotopic (exact) mass is 367 g/mol. The second-order valence-corrected chi connectivity index (χ2v) is 7.00. The molecule has 26 heavy (non-hydrogen) atoms. The van der Waals surface area contributed by atoms with Crippen LogP contribution in [0.5, 0.6) is 0 Å². The standard InChI is InChI=1S/C19H21N5OS/c1-4-24-17(15-10-12-20-13-11-15)21-22-19(24)26-16(18(25)23(2)3)14-8-6-5-7-9-14/h5-13,16H,4H2,1-3H3. The molecule has 134 valence electrons. The predicted octanol–water partition coefficient (Wildman–Crippen LogP) is 3.28. The molecule has 6 nitrogen and oxygen atoms in total. The van der Waals surface area contributed by atoms with Crippen molar-refractivity contribution in [2.24, 2.45) is 0 Å². The lowest BCUT2D eigenvalue weighted by Gasteiger charge is -2.20. The van der Waals surface area contributed by atoms with Crippen molar-refractivity contribution in [3.63, 3.8) is 0 Å². The lowest BCUT2D eigenvalue weighted by Crippen LogP contribution is -2.27. The molecular formula is C19H21N5OS. The number of likely N-dealkylation sites (N-methyl/N-ethyl adjacent to an activating group) is 1. The van der Waals surface area contributed by atoms with Crippen LogP contribution in [-0.2, 0) is 11.3 Å². The van der Waals surface area contributed by atoms with E-state index in [1.54, 1.807) is 31.4 Å². The molecule has 2 heterocycles. The summed E-state index contributed by atoms with van der Waals surface area (Å²) in [5.74, 6) is 0.804. The molecule has 0 aliphatic heterocycles. The van der Waals surface area contributed by atoms with E-state index in [0.717, 1.165) is 22.1 Å². The Balaban J connectivity index is 1.97. The van der Waals surface area contributed by atoms with Crippen LogP contribution in [-0.4, -0.2) is 44.7 Å². The Labute approximate surface area is 157 Å². The van der Waals surface area contributed by atoms with Crippen LogP contribution in [0.1, 0.15) is 17.7 Å². The summed E-state index contributed by atoms with van der Waals surface area (Å²) >= 11 is 1.43. The van der Waals surface area contributed by atoms with Gasteiger partial charge in [0.25, 0.3) is 0 Å². The maximum Gasteiger partial charge on any atom is 0.240 e. The second-order valence-electron chi connectivity index (χ2n) is 5.93. The molecule has 1 aromatic carbocycles. The highest BCUT2D eigenvalue weighted by atomic mass is 32.2. The van der Waals surface area contributed by atoms with Crippen molar-refractivity contribution in [3.8, 4) is 11.4 Å². The Morgan fingerprint density at radius 1 is 1.12 bits per heavy atom. The normalized spacial score (nSPS) is 12.0. The first kappa shape index (κ1) is 18.1. The maximum atomic E-state index is 12.8. The van der Waals surface area contributed by atoms with Gasteiger partial charge in [-0.3, -0.25) is 9.78 Å². The highest BCUT2D eigenvalue weighted by molar-refractivity contribution is 8.00. The van der Waals surface area contributed by atoms with E-state index in [0.29, 0.717) is 6.54 Å². The van der Waals surface area contributed by atoms with Gasteiger partial charge in [-0.05, 0) is 24.6 Å². The molecule has 1 atom stereocenters. The van der Waals surface area contributed by atoms with Gasteiger partial charge in [0.1, 0.15) is 5.25 Å². The highest BCUT2D eigenvalue weighted by Crippen LogP contribution is 2.36. The number of aromatic nitrogens is 4. The fourth-order valence-corrected chi connectivity index (χ4v) is 3.85. The number of rotatable bonds is 6. The van der Waals surface area contributed by atoms with E-state index >= 15 is 0 Å². The Bertz CT molecular complexity index is 864. The predicted molar refractivity (Wildman–Crippen MR) is 103 cm³/mol. The lowest BCUT2D eigenvalue weighted by molar-refractivity contribution is -0.128. The number of benzene rings is 1. The van der Waals surface area contributed by atoms with Gasteiger partial charge in [0.05, 0.1) is 0 Å². The topological polar surface area (TPSA) is 63.9 Å². The van der Waals surface area contributed by atoms with Gasteiger partial charge in [-0.15, -0.1) is 10.2 Å². The molecule has 0 aliphatic rings. The summed E-state index contributed by atoms with van der Waals surface area (Å²) in [5, 5.41) is 9.06. The number of amides is 1. The quantitative estimate of drug-likeness (QED) is 0.626. The zero-order valence-electron chi connectivity index (χ0n) is 15.0. The minimum Gasteiger partial charge on any atom is -0.348 e. The molecule has 0 saturated heterocycles. The first-order valence-corrected chi connectivity index (χ1v) is 9.26. The maximum absolute atomic E-state index is 12.8. The van der Waals surface area contributed by atoms with Gasteiger partial charge >= 0.3 is 0 Å². The molecule has 1 amide bonds. The van der Waals surface area contributed by atoms with Crippen LogP contribution in [0.4, 0.5) is 0 Å². The van der Waals surface area contributed by atoms with Crippen LogP contribution >= 0.6 is 11.8 Å². The first-order chi connectivity index (χ1) is 12.6. The van der Waals surface area contributed by atoms with E-state index in [-0.39, 0.29) is 11.2 Å². The Morgan fingerprint density at radius 2 is 1.81 bits per heavy atom. The summed E-state index contributed by atoms with van der Waals surface area (Å²) < 4.78 is 2.03. The van der Waals surface area contributed by atoms with Crippen LogP contribution in [0.25, 0.3) is 11.4 Å². The average molecular weight is 367 g/mol. The summed E-state index contributed by atoms with van der Waals surface area (Å²) in [6, 6.07) is 13.6. The summed E-state index contributed by atoms with van der Waals surface area (Å²) in [6.07, 6.45) is 3.47. The molecule has 0 saturated carbocycles. The number of thioether (sulfide) groups is 1. The summed E-state index contributed by atoms with van der Waals surface area (Å²) in [4.78, 5) is 18.4. The van der Waals surface area contributed by atoms with Crippen molar-refractivity contribution >= 4 is 17.7 Å². The zero-order chi connectivity index (χ0) is 18.5. The lowest BCUT2D eigenvalue weighted by atomic mass is 10.1. The minimum atomic E-state index is -0.369. The van der Waals surface area contributed by atoms with Gasteiger partial charge in [-0.2, -0.15) is 0 Å². The van der Waals surface area contributed by atoms with Crippen molar-refractivity contribution < 1.29 is 4.79 Å². The molecule has 0 bridgehead atoms. The first-order valence-electron chi connectivity index (χ1n) is 8.38. The third-order valence-corrected chi connectivity index (χ3v) is 5.18. The second kappa shape index (κ2) is 8.14. The van der Waals surface area contributed by atoms with Crippen LogP contribution < -0.4 is 0 Å². The molecule has 0 spiro atoms. The van der Waals surface area contributed by atoms with E-state index in [1.165, 1.54) is 11.8 Å². The zero-order valence-corrected chi connectivity index (χ0v) is 15.8. The van der Waals surface area contributed by atoms with Gasteiger partial charge in [0, 0.05) is 38.6 Å². The number of carbonyl (C=O) groups excluding carboxylic acids is 1. The fraction of sp³-hybridized carbons (Fsp3) is 0.263. The SMILES string of the molecule is CCn1c(SC(C(=O)N(C)C)c2ccccc2)nnc1-c1ccncc1. The molecule has 0 fully saturated rings. The van der Waals surface area contributed by atoms with Crippen molar-refractivity contribution in [1.29, 1.82) is 0 Å². The summed E-state index contributed by atoms with van der Waals surface area (Å²) in [7, 11) is 3.54. The minimum absolute atomic E-state index is 0.0253. The fourth-order valence-electron chi connectivity index (χ4n) is 2.60. The Morgan fingerprint density at radius 3 is 2.42 bits per heavy atom. The van der Waals surface area contributed by atoms with Crippen LogP contribution in [0.2, 0.25) is 0 Å². The van der Waals surface area contributed by atoms with Crippen molar-refractivity contribution in [2.45, 2.75) is 23.9 Å². The third kappa shape index (κ3) is 3.77. The number of carbonyl (C=O) groups is 1. The van der Waals surface area contributed by atoms with Crippen LogP contribution in [0.3, 0.4) is 0 Å². The Kier molecular flexibility index (Phi) is 5.68. The van der Waals surface area contributed by atoms with E-state index < -0.39 is 0 Å². The van der Waals surface area contributed by atoms with Crippen molar-refractivity contribution in [2.75, 3.05) is 14.1 Å². The van der Waals surface area contributed by atoms with Gasteiger partial charge in [0.2, 0.25) is 5.91 Å². The van der Waals surface area contributed by atoms with Gasteiger partial charge < -0.3 is 9.47 Å². The molecule has 0 N–H and O–H groups in total. The summed E-state index contributed by atoms with van der Waals surface area (Å²) in [5.41, 5.74) is 1.91. The number of hydrogen-bond acceptors (Lipinski definition) is 5. The summed E-state index contributed by atoms with van der Waals surface area (Å²) in [6.45, 7) is 2.76. The highest BCUT2D eigenvalue weighted by Gasteiger charge is 2.26. The molecule has 0 aliphatic carbocycles.